The fourth-order valence-electron chi connectivity index (χ4n) is 1.63. The molecule has 0 radical (unpaired) electrons. The summed E-state index contributed by atoms with van der Waals surface area (Å²) < 4.78 is 4.58. The van der Waals surface area contributed by atoms with Crippen LogP contribution in [0, 0.1) is 0 Å². The van der Waals surface area contributed by atoms with Crippen molar-refractivity contribution < 1.29 is 19.7 Å². The number of aliphatic hydroxyl groups is 2. The number of aliphatic hydroxyl groups excluding tert-OH is 2. The molecule has 0 saturated heterocycles. The Morgan fingerprint density at radius 1 is 1.44 bits per heavy atom. The van der Waals surface area contributed by atoms with Crippen LogP contribution in [0.4, 0.5) is 5.69 Å². The SMILES string of the molecule is CNCC(O)C(O)c1cc(N)cc(C(=O)OC)c1. The van der Waals surface area contributed by atoms with Gasteiger partial charge in [0.05, 0.1) is 18.8 Å². The molecule has 0 spiro atoms. The van der Waals surface area contributed by atoms with Crippen LogP contribution in [0.25, 0.3) is 0 Å². The van der Waals surface area contributed by atoms with E-state index in [1.165, 1.54) is 25.3 Å². The van der Waals surface area contributed by atoms with Crippen molar-refractivity contribution in [1.29, 1.82) is 0 Å². The number of hydrogen-bond donors (Lipinski definition) is 4. The van der Waals surface area contributed by atoms with Crippen molar-refractivity contribution in [3.8, 4) is 0 Å². The molecule has 0 aliphatic heterocycles. The van der Waals surface area contributed by atoms with Crippen molar-refractivity contribution in [3.05, 3.63) is 29.3 Å². The first-order chi connectivity index (χ1) is 8.49. The molecule has 0 saturated carbocycles. The van der Waals surface area contributed by atoms with Gasteiger partial charge in [-0.25, -0.2) is 4.79 Å². The van der Waals surface area contributed by atoms with E-state index in [9.17, 15) is 15.0 Å². The Morgan fingerprint density at radius 3 is 2.67 bits per heavy atom. The number of anilines is 1. The molecule has 0 aromatic heterocycles. The Hall–Kier alpha value is -1.63. The van der Waals surface area contributed by atoms with E-state index < -0.39 is 18.2 Å². The van der Waals surface area contributed by atoms with Crippen LogP contribution in [0.1, 0.15) is 22.0 Å². The number of nitrogens with one attached hydrogen (secondary N) is 1. The third kappa shape index (κ3) is 3.43. The molecule has 100 valence electrons. The second-order valence-electron chi connectivity index (χ2n) is 3.95. The van der Waals surface area contributed by atoms with Crippen LogP contribution in [-0.2, 0) is 4.74 Å². The molecular formula is C12H18N2O4. The van der Waals surface area contributed by atoms with Gasteiger partial charge in [0.1, 0.15) is 6.10 Å². The summed E-state index contributed by atoms with van der Waals surface area (Å²) in [4.78, 5) is 11.4. The lowest BCUT2D eigenvalue weighted by molar-refractivity contribution is 0.0201. The van der Waals surface area contributed by atoms with Gasteiger partial charge in [0.2, 0.25) is 0 Å². The third-order valence-electron chi connectivity index (χ3n) is 2.52. The van der Waals surface area contributed by atoms with Crippen molar-refractivity contribution >= 4 is 11.7 Å². The largest absolute Gasteiger partial charge is 0.465 e. The van der Waals surface area contributed by atoms with Crippen LogP contribution in [0.5, 0.6) is 0 Å². The van der Waals surface area contributed by atoms with Gasteiger partial charge in [0, 0.05) is 12.2 Å². The molecular weight excluding hydrogens is 236 g/mol. The number of hydrogen-bond acceptors (Lipinski definition) is 6. The molecule has 18 heavy (non-hydrogen) atoms. The van der Waals surface area contributed by atoms with Gasteiger partial charge in [0.25, 0.3) is 0 Å². The lowest BCUT2D eigenvalue weighted by Gasteiger charge is -2.18. The zero-order valence-corrected chi connectivity index (χ0v) is 10.4. The minimum absolute atomic E-state index is 0.226. The molecule has 2 unspecified atom stereocenters. The maximum absolute atomic E-state index is 11.4. The summed E-state index contributed by atoms with van der Waals surface area (Å²) in [6.45, 7) is 0.226. The molecule has 6 nitrogen and oxygen atoms in total. The lowest BCUT2D eigenvalue weighted by Crippen LogP contribution is -2.29. The molecule has 1 aromatic rings. The molecule has 0 fully saturated rings. The molecule has 0 heterocycles. The number of carbonyl (C=O) groups is 1. The lowest BCUT2D eigenvalue weighted by atomic mass is 10.0. The van der Waals surface area contributed by atoms with Gasteiger partial charge >= 0.3 is 5.97 Å². The smallest absolute Gasteiger partial charge is 0.337 e. The molecule has 2 atom stereocenters. The predicted molar refractivity (Wildman–Crippen MR) is 67.1 cm³/mol. The molecule has 0 aliphatic carbocycles. The topological polar surface area (TPSA) is 105 Å². The van der Waals surface area contributed by atoms with Crippen LogP contribution in [0.3, 0.4) is 0 Å². The highest BCUT2D eigenvalue weighted by Gasteiger charge is 2.19. The number of methoxy groups -OCH3 is 1. The number of ether oxygens (including phenoxy) is 1. The second-order valence-corrected chi connectivity index (χ2v) is 3.95. The third-order valence-corrected chi connectivity index (χ3v) is 2.52. The number of carbonyl (C=O) groups excluding carboxylic acids is 1. The molecule has 5 N–H and O–H groups in total. The number of rotatable bonds is 5. The number of benzene rings is 1. The Balaban J connectivity index is 3.02. The second kappa shape index (κ2) is 6.34. The Kier molecular flexibility index (Phi) is 5.08. The van der Waals surface area contributed by atoms with Gasteiger partial charge in [0.15, 0.2) is 0 Å². The summed E-state index contributed by atoms with van der Waals surface area (Å²) in [5, 5.41) is 22.4. The minimum Gasteiger partial charge on any atom is -0.465 e. The molecule has 1 aromatic carbocycles. The maximum Gasteiger partial charge on any atom is 0.337 e. The quantitative estimate of drug-likeness (QED) is 0.423. The first-order valence-corrected chi connectivity index (χ1v) is 5.49. The molecule has 1 rings (SSSR count). The summed E-state index contributed by atoms with van der Waals surface area (Å²) in [7, 11) is 2.92. The van der Waals surface area contributed by atoms with E-state index in [1.807, 2.05) is 0 Å². The van der Waals surface area contributed by atoms with E-state index >= 15 is 0 Å². The average molecular weight is 254 g/mol. The van der Waals surface area contributed by atoms with Crippen molar-refractivity contribution in [2.24, 2.45) is 0 Å². The number of esters is 1. The molecule has 6 heteroatoms. The van der Waals surface area contributed by atoms with E-state index in [4.69, 9.17) is 5.73 Å². The number of nitrogens with two attached hydrogens (primary N) is 1. The fraction of sp³-hybridized carbons (Fsp3) is 0.417. The van der Waals surface area contributed by atoms with E-state index in [0.29, 0.717) is 11.3 Å². The highest BCUT2D eigenvalue weighted by atomic mass is 16.5. The van der Waals surface area contributed by atoms with E-state index in [2.05, 4.69) is 10.1 Å². The Morgan fingerprint density at radius 2 is 2.11 bits per heavy atom. The summed E-state index contributed by atoms with van der Waals surface area (Å²) in [5.41, 5.74) is 6.58. The summed E-state index contributed by atoms with van der Waals surface area (Å²) >= 11 is 0. The van der Waals surface area contributed by atoms with Crippen molar-refractivity contribution in [1.82, 2.24) is 5.32 Å². The van der Waals surface area contributed by atoms with Gasteiger partial charge in [-0.05, 0) is 30.8 Å². The maximum atomic E-state index is 11.4. The summed E-state index contributed by atoms with van der Waals surface area (Å²) in [5.74, 6) is -0.543. The summed E-state index contributed by atoms with van der Waals surface area (Å²) in [6.07, 6.45) is -2.10. The standard InChI is InChI=1S/C12H18N2O4/c1-14-6-10(15)11(16)7-3-8(12(17)18-2)5-9(13)4-7/h3-5,10-11,14-16H,6,13H2,1-2H3. The first kappa shape index (κ1) is 14.4. The van der Waals surface area contributed by atoms with E-state index in [0.717, 1.165) is 0 Å². The average Bonchev–Trinajstić information content (AvgIpc) is 2.36. The van der Waals surface area contributed by atoms with Crippen LogP contribution in [0.15, 0.2) is 18.2 Å². The predicted octanol–water partition coefficient (Wildman–Crippen LogP) is -0.331. The van der Waals surface area contributed by atoms with Gasteiger partial charge in [-0.2, -0.15) is 0 Å². The van der Waals surface area contributed by atoms with Gasteiger partial charge < -0.3 is 26.0 Å². The Labute approximate surface area is 105 Å². The van der Waals surface area contributed by atoms with Crippen molar-refractivity contribution in [2.45, 2.75) is 12.2 Å². The van der Waals surface area contributed by atoms with E-state index in [-0.39, 0.29) is 12.1 Å². The van der Waals surface area contributed by atoms with Crippen LogP contribution in [0.2, 0.25) is 0 Å². The highest BCUT2D eigenvalue weighted by Crippen LogP contribution is 2.21. The van der Waals surface area contributed by atoms with Crippen molar-refractivity contribution in [3.63, 3.8) is 0 Å². The fourth-order valence-corrected chi connectivity index (χ4v) is 1.63. The number of nitrogen functional groups attached to an aromatic ring is 1. The van der Waals surface area contributed by atoms with Gasteiger partial charge in [-0.1, -0.05) is 0 Å². The van der Waals surface area contributed by atoms with Gasteiger partial charge in [-0.15, -0.1) is 0 Å². The zero-order chi connectivity index (χ0) is 13.7. The number of likely N-dealkylation sites (N-methyl/N-ethyl adjacent to an activating group) is 1. The van der Waals surface area contributed by atoms with E-state index in [1.54, 1.807) is 7.05 Å². The van der Waals surface area contributed by atoms with Crippen LogP contribution in [-0.4, -0.2) is 43.0 Å². The first-order valence-electron chi connectivity index (χ1n) is 5.49. The van der Waals surface area contributed by atoms with Gasteiger partial charge in [-0.3, -0.25) is 0 Å². The molecule has 0 bridgehead atoms. The summed E-state index contributed by atoms with van der Waals surface area (Å²) in [6, 6.07) is 4.41. The highest BCUT2D eigenvalue weighted by molar-refractivity contribution is 5.90. The Bertz CT molecular complexity index is 423. The zero-order valence-electron chi connectivity index (χ0n) is 10.4. The molecule has 0 aliphatic rings. The van der Waals surface area contributed by atoms with Crippen LogP contribution < -0.4 is 11.1 Å². The minimum atomic E-state index is -1.12. The normalized spacial score (nSPS) is 14.0. The van der Waals surface area contributed by atoms with Crippen molar-refractivity contribution in [2.75, 3.05) is 26.4 Å². The molecule has 0 amide bonds. The monoisotopic (exact) mass is 254 g/mol. The van der Waals surface area contributed by atoms with Crippen LogP contribution >= 0.6 is 0 Å².